The molecule has 0 saturated carbocycles. The van der Waals surface area contributed by atoms with E-state index in [1.54, 1.807) is 11.0 Å². The highest BCUT2D eigenvalue weighted by Crippen LogP contribution is 2.30. The van der Waals surface area contributed by atoms with Crippen LogP contribution in [-0.2, 0) is 12.8 Å². The van der Waals surface area contributed by atoms with Gasteiger partial charge in [-0.15, -0.1) is 0 Å². The number of para-hydroxylation sites is 1. The second-order valence-corrected chi connectivity index (χ2v) is 5.88. The molecule has 2 heterocycles. The van der Waals surface area contributed by atoms with Crippen LogP contribution in [0.3, 0.4) is 0 Å². The van der Waals surface area contributed by atoms with Gasteiger partial charge in [-0.05, 0) is 37.8 Å². The van der Waals surface area contributed by atoms with Gasteiger partial charge in [-0.2, -0.15) is 5.10 Å². The van der Waals surface area contributed by atoms with Crippen LogP contribution in [0, 0.1) is 0 Å². The van der Waals surface area contributed by atoms with Crippen molar-refractivity contribution in [2.24, 2.45) is 0 Å². The second kappa shape index (κ2) is 5.09. The summed E-state index contributed by atoms with van der Waals surface area (Å²) < 4.78 is 0. The van der Waals surface area contributed by atoms with Crippen molar-refractivity contribution >= 4 is 17.4 Å². The van der Waals surface area contributed by atoms with Gasteiger partial charge in [-0.3, -0.25) is 14.7 Å². The van der Waals surface area contributed by atoms with Gasteiger partial charge in [0, 0.05) is 29.8 Å². The number of benzene rings is 1. The molecule has 5 heteroatoms. The first-order valence-electron chi connectivity index (χ1n) is 7.76. The third-order valence-electron chi connectivity index (χ3n) is 4.56. The molecular formula is C17H17N3O2. The monoisotopic (exact) mass is 295 g/mol. The van der Waals surface area contributed by atoms with Crippen LogP contribution in [-0.4, -0.2) is 28.4 Å². The third-order valence-corrected chi connectivity index (χ3v) is 4.56. The summed E-state index contributed by atoms with van der Waals surface area (Å²) >= 11 is 0. The van der Waals surface area contributed by atoms with E-state index in [0.29, 0.717) is 29.9 Å². The fourth-order valence-corrected chi connectivity index (χ4v) is 3.41. The maximum absolute atomic E-state index is 12.9. The van der Waals surface area contributed by atoms with E-state index in [0.717, 1.165) is 36.9 Å². The summed E-state index contributed by atoms with van der Waals surface area (Å²) in [5, 5.41) is 7.28. The number of H-pyrrole nitrogens is 1. The van der Waals surface area contributed by atoms with Gasteiger partial charge in [-0.1, -0.05) is 12.1 Å². The smallest absolute Gasteiger partial charge is 0.279 e. The number of amides is 1. The predicted octanol–water partition coefficient (Wildman–Crippen LogP) is 2.52. The summed E-state index contributed by atoms with van der Waals surface area (Å²) in [5.41, 5.74) is 4.02. The first kappa shape index (κ1) is 13.2. The molecule has 1 aromatic carbocycles. The van der Waals surface area contributed by atoms with Gasteiger partial charge in [0.15, 0.2) is 11.5 Å². The van der Waals surface area contributed by atoms with E-state index in [-0.39, 0.29) is 11.7 Å². The lowest BCUT2D eigenvalue weighted by molar-refractivity contribution is 0.0952. The molecule has 112 valence electrons. The molecule has 1 amide bonds. The first-order valence-corrected chi connectivity index (χ1v) is 7.76. The summed E-state index contributed by atoms with van der Waals surface area (Å²) in [7, 11) is 0. The fourth-order valence-electron chi connectivity index (χ4n) is 3.41. The van der Waals surface area contributed by atoms with E-state index in [9.17, 15) is 9.59 Å². The zero-order valence-corrected chi connectivity index (χ0v) is 12.3. The van der Waals surface area contributed by atoms with Crippen LogP contribution in [0.15, 0.2) is 24.3 Å². The number of anilines is 1. The first-order chi connectivity index (χ1) is 10.8. The van der Waals surface area contributed by atoms with Gasteiger partial charge in [0.05, 0.1) is 5.69 Å². The number of Topliss-reactive ketones (excluding diaryl/α,β-unsaturated/α-hetero) is 1. The van der Waals surface area contributed by atoms with Crippen LogP contribution in [0.25, 0.3) is 0 Å². The Labute approximate surface area is 128 Å². The molecule has 0 unspecified atom stereocenters. The molecule has 0 atom stereocenters. The van der Waals surface area contributed by atoms with Crippen molar-refractivity contribution in [2.75, 3.05) is 11.4 Å². The highest BCUT2D eigenvalue weighted by Gasteiger charge is 2.31. The van der Waals surface area contributed by atoms with Crippen molar-refractivity contribution in [1.82, 2.24) is 10.2 Å². The van der Waals surface area contributed by atoms with Crippen LogP contribution in [0.2, 0.25) is 0 Å². The van der Waals surface area contributed by atoms with Crippen LogP contribution < -0.4 is 4.90 Å². The molecule has 1 aliphatic heterocycles. The van der Waals surface area contributed by atoms with E-state index < -0.39 is 0 Å². The van der Waals surface area contributed by atoms with Crippen molar-refractivity contribution in [1.29, 1.82) is 0 Å². The third kappa shape index (κ3) is 1.96. The number of aromatic nitrogens is 2. The van der Waals surface area contributed by atoms with Gasteiger partial charge in [0.1, 0.15) is 0 Å². The van der Waals surface area contributed by atoms with Crippen molar-refractivity contribution in [3.63, 3.8) is 0 Å². The van der Waals surface area contributed by atoms with Gasteiger partial charge >= 0.3 is 0 Å². The molecule has 0 bridgehead atoms. The predicted molar refractivity (Wildman–Crippen MR) is 82.3 cm³/mol. The zero-order valence-electron chi connectivity index (χ0n) is 12.3. The van der Waals surface area contributed by atoms with Crippen molar-refractivity contribution in [3.05, 3.63) is 46.8 Å². The molecule has 2 aliphatic rings. The average Bonchev–Trinajstić information content (AvgIpc) is 2.99. The van der Waals surface area contributed by atoms with Crippen molar-refractivity contribution in [2.45, 2.75) is 32.1 Å². The largest absolute Gasteiger partial charge is 0.306 e. The maximum atomic E-state index is 12.9. The van der Waals surface area contributed by atoms with Crippen molar-refractivity contribution < 1.29 is 9.59 Å². The molecule has 22 heavy (non-hydrogen) atoms. The minimum absolute atomic E-state index is 0.0978. The highest BCUT2D eigenvalue weighted by molar-refractivity contribution is 6.13. The maximum Gasteiger partial charge on any atom is 0.279 e. The normalized spacial score (nSPS) is 17.1. The number of nitrogens with zero attached hydrogens (tertiary/aromatic N) is 2. The number of ketones is 1. The van der Waals surface area contributed by atoms with Crippen LogP contribution >= 0.6 is 0 Å². The van der Waals surface area contributed by atoms with Crippen LogP contribution in [0.1, 0.15) is 51.4 Å². The standard InChI is InChI=1S/C17H17N3O2/c21-15-9-10-20(14-8-4-2-6-12(14)15)17(22)16-11-5-1-3-7-13(11)18-19-16/h2,4,6,8H,1,3,5,7,9-10H2,(H,18,19). The van der Waals surface area contributed by atoms with Gasteiger partial charge in [-0.25, -0.2) is 0 Å². The molecule has 4 rings (SSSR count). The second-order valence-electron chi connectivity index (χ2n) is 5.88. The molecule has 2 aromatic rings. The number of carbonyl (C=O) groups excluding carboxylic acids is 2. The Hall–Kier alpha value is -2.43. The van der Waals surface area contributed by atoms with Gasteiger partial charge in [0.25, 0.3) is 5.91 Å². The minimum Gasteiger partial charge on any atom is -0.306 e. The summed E-state index contributed by atoms with van der Waals surface area (Å²) in [5.74, 6) is 0.00283. The number of carbonyl (C=O) groups is 2. The number of nitrogens with one attached hydrogen (secondary N) is 1. The average molecular weight is 295 g/mol. The Morgan fingerprint density at radius 3 is 2.86 bits per heavy atom. The summed E-state index contributed by atoms with van der Waals surface area (Å²) in [6.45, 7) is 0.427. The van der Waals surface area contributed by atoms with Crippen LogP contribution in [0.4, 0.5) is 5.69 Å². The van der Waals surface area contributed by atoms with E-state index in [1.807, 2.05) is 18.2 Å². The lowest BCUT2D eigenvalue weighted by Gasteiger charge is -2.28. The van der Waals surface area contributed by atoms with E-state index in [4.69, 9.17) is 0 Å². The summed E-state index contributed by atoms with van der Waals surface area (Å²) in [6.07, 6.45) is 4.48. The Balaban J connectivity index is 1.74. The number of aryl methyl sites for hydroxylation is 1. The highest BCUT2D eigenvalue weighted by atomic mass is 16.2. The fraction of sp³-hybridized carbons (Fsp3) is 0.353. The number of fused-ring (bicyclic) bond motifs is 2. The lowest BCUT2D eigenvalue weighted by atomic mass is 9.94. The molecule has 0 spiro atoms. The SMILES string of the molecule is O=C1CCN(C(=O)c2n[nH]c3c2CCCC3)c2ccccc21. The molecule has 1 aromatic heterocycles. The Kier molecular flexibility index (Phi) is 3.06. The molecule has 1 N–H and O–H groups in total. The molecule has 0 fully saturated rings. The zero-order chi connectivity index (χ0) is 15.1. The van der Waals surface area contributed by atoms with Crippen LogP contribution in [0.5, 0.6) is 0 Å². The van der Waals surface area contributed by atoms with Gasteiger partial charge in [0.2, 0.25) is 0 Å². The minimum atomic E-state index is -0.0978. The quantitative estimate of drug-likeness (QED) is 0.879. The lowest BCUT2D eigenvalue weighted by Crippen LogP contribution is -2.38. The van der Waals surface area contributed by atoms with E-state index in [1.165, 1.54) is 0 Å². The number of hydrogen-bond acceptors (Lipinski definition) is 3. The topological polar surface area (TPSA) is 66.1 Å². The van der Waals surface area contributed by atoms with E-state index >= 15 is 0 Å². The Morgan fingerprint density at radius 2 is 1.95 bits per heavy atom. The number of rotatable bonds is 1. The van der Waals surface area contributed by atoms with Gasteiger partial charge < -0.3 is 4.90 Å². The molecule has 5 nitrogen and oxygen atoms in total. The van der Waals surface area contributed by atoms with Crippen molar-refractivity contribution in [3.8, 4) is 0 Å². The molecule has 0 radical (unpaired) electrons. The number of aromatic amines is 1. The molecule has 0 saturated heterocycles. The molecular weight excluding hydrogens is 278 g/mol. The Bertz CT molecular complexity index is 763. The van der Waals surface area contributed by atoms with E-state index in [2.05, 4.69) is 10.2 Å². The summed E-state index contributed by atoms with van der Waals surface area (Å²) in [6, 6.07) is 7.32. The Morgan fingerprint density at radius 1 is 1.14 bits per heavy atom. The molecule has 1 aliphatic carbocycles. The summed E-state index contributed by atoms with van der Waals surface area (Å²) in [4.78, 5) is 26.6. The number of hydrogen-bond donors (Lipinski definition) is 1.